The smallest absolute Gasteiger partial charge is 0.336 e. The number of carbonyl (C=O) groups excluding carboxylic acids is 2. The van der Waals surface area contributed by atoms with Crippen molar-refractivity contribution in [1.82, 2.24) is 9.80 Å². The number of fused-ring (bicyclic) bond motifs is 2. The molecule has 0 aromatic heterocycles. The van der Waals surface area contributed by atoms with Crippen LogP contribution >= 0.6 is 0 Å². The van der Waals surface area contributed by atoms with Gasteiger partial charge in [-0.15, -0.1) is 0 Å². The molecule has 0 saturated carbocycles. The minimum Gasteiger partial charge on any atom is -0.493 e. The van der Waals surface area contributed by atoms with E-state index in [2.05, 4.69) is 6.92 Å². The maximum absolute atomic E-state index is 13.4. The predicted octanol–water partition coefficient (Wildman–Crippen LogP) is 3.72. The number of piperidine rings is 1. The number of hydrogen-bond acceptors (Lipinski definition) is 5. The molecule has 0 radical (unpaired) electrons. The van der Waals surface area contributed by atoms with E-state index in [4.69, 9.17) is 14.2 Å². The summed E-state index contributed by atoms with van der Waals surface area (Å²) in [6.07, 6.45) is 4.36. The second-order valence-electron chi connectivity index (χ2n) is 8.76. The fourth-order valence-corrected chi connectivity index (χ4v) is 5.23. The first-order valence-electron chi connectivity index (χ1n) is 11.1. The molecular weight excluding hydrogens is 396 g/mol. The Balaban J connectivity index is 1.70. The van der Waals surface area contributed by atoms with Crippen LogP contribution in [0.2, 0.25) is 0 Å². The summed E-state index contributed by atoms with van der Waals surface area (Å²) in [5.74, 6) is 1.55. The topological polar surface area (TPSA) is 68.3 Å². The molecule has 2 saturated heterocycles. The Morgan fingerprint density at radius 1 is 0.968 bits per heavy atom. The summed E-state index contributed by atoms with van der Waals surface area (Å²) >= 11 is 0. The van der Waals surface area contributed by atoms with E-state index in [1.165, 1.54) is 7.11 Å². The van der Waals surface area contributed by atoms with Gasteiger partial charge in [-0.25, -0.2) is 9.59 Å². The lowest BCUT2D eigenvalue weighted by Crippen LogP contribution is -2.53. The van der Waals surface area contributed by atoms with Gasteiger partial charge >= 0.3 is 12.0 Å². The summed E-state index contributed by atoms with van der Waals surface area (Å²) in [6, 6.07) is 5.61. The monoisotopic (exact) mass is 428 g/mol. The maximum atomic E-state index is 13.4. The van der Waals surface area contributed by atoms with Gasteiger partial charge in [0.05, 0.1) is 32.9 Å². The van der Waals surface area contributed by atoms with Crippen molar-refractivity contribution in [2.75, 3.05) is 34.4 Å². The van der Waals surface area contributed by atoms with Gasteiger partial charge in [-0.05, 0) is 61.3 Å². The van der Waals surface area contributed by atoms with Crippen LogP contribution in [0, 0.1) is 5.92 Å². The highest BCUT2D eigenvalue weighted by Crippen LogP contribution is 2.45. The van der Waals surface area contributed by atoms with Crippen molar-refractivity contribution in [3.05, 3.63) is 29.3 Å². The van der Waals surface area contributed by atoms with Crippen LogP contribution in [-0.2, 0) is 9.53 Å². The highest BCUT2D eigenvalue weighted by Gasteiger charge is 2.48. The van der Waals surface area contributed by atoms with Crippen LogP contribution in [0.3, 0.4) is 0 Å². The summed E-state index contributed by atoms with van der Waals surface area (Å²) in [7, 11) is 4.60. The number of benzene rings is 1. The van der Waals surface area contributed by atoms with Gasteiger partial charge in [0, 0.05) is 19.1 Å². The number of nitrogens with zero attached hydrogens (tertiary/aromatic N) is 2. The number of methoxy groups -OCH3 is 3. The molecule has 2 amide bonds. The van der Waals surface area contributed by atoms with Gasteiger partial charge < -0.3 is 24.0 Å². The lowest BCUT2D eigenvalue weighted by molar-refractivity contribution is -0.136. The third-order valence-electron chi connectivity index (χ3n) is 7.01. The van der Waals surface area contributed by atoms with Crippen molar-refractivity contribution >= 4 is 17.6 Å². The summed E-state index contributed by atoms with van der Waals surface area (Å²) < 4.78 is 16.0. The molecule has 4 rings (SSSR count). The number of likely N-dealkylation sites (tertiary alicyclic amines) is 1. The van der Waals surface area contributed by atoms with Crippen molar-refractivity contribution < 1.29 is 23.8 Å². The molecule has 1 aromatic rings. The SMILES string of the molecule is COC(=O)C1=C(c2ccc(OC)c(OC)c2)C[C@@H]2CC[C@H]1N2C(=O)N1CCC(C)CC1. The first kappa shape index (κ1) is 21.5. The van der Waals surface area contributed by atoms with E-state index in [0.717, 1.165) is 49.9 Å². The molecule has 3 heterocycles. The van der Waals surface area contributed by atoms with Gasteiger partial charge in [0.15, 0.2) is 11.5 Å². The average Bonchev–Trinajstić information content (AvgIpc) is 3.11. The summed E-state index contributed by atoms with van der Waals surface area (Å²) in [5, 5.41) is 0. The molecule has 0 aliphatic carbocycles. The minimum absolute atomic E-state index is 0.0622. The van der Waals surface area contributed by atoms with E-state index in [1.807, 2.05) is 28.0 Å². The largest absolute Gasteiger partial charge is 0.493 e. The highest BCUT2D eigenvalue weighted by molar-refractivity contribution is 6.01. The zero-order chi connectivity index (χ0) is 22.1. The number of rotatable bonds is 4. The van der Waals surface area contributed by atoms with Gasteiger partial charge in [0.1, 0.15) is 0 Å². The molecule has 7 nitrogen and oxygen atoms in total. The lowest BCUT2D eigenvalue weighted by atomic mass is 9.88. The number of hydrogen-bond donors (Lipinski definition) is 0. The van der Waals surface area contributed by atoms with Crippen LogP contribution in [0.5, 0.6) is 11.5 Å². The van der Waals surface area contributed by atoms with Crippen molar-refractivity contribution in [3.63, 3.8) is 0 Å². The van der Waals surface area contributed by atoms with Crippen LogP contribution in [0.15, 0.2) is 23.8 Å². The highest BCUT2D eigenvalue weighted by atomic mass is 16.5. The van der Waals surface area contributed by atoms with Crippen molar-refractivity contribution in [1.29, 1.82) is 0 Å². The average molecular weight is 429 g/mol. The molecule has 2 bridgehead atoms. The third kappa shape index (κ3) is 3.86. The Kier molecular flexibility index (Phi) is 6.12. The Hall–Kier alpha value is -2.70. The Bertz CT molecular complexity index is 888. The number of ether oxygens (including phenoxy) is 3. The summed E-state index contributed by atoms with van der Waals surface area (Å²) in [6.45, 7) is 3.81. The minimum atomic E-state index is -0.361. The molecule has 1 aromatic carbocycles. The maximum Gasteiger partial charge on any atom is 0.336 e. The van der Waals surface area contributed by atoms with E-state index in [-0.39, 0.29) is 24.1 Å². The van der Waals surface area contributed by atoms with Crippen LogP contribution in [0.25, 0.3) is 5.57 Å². The quantitative estimate of drug-likeness (QED) is 0.684. The van der Waals surface area contributed by atoms with Gasteiger partial charge in [0.2, 0.25) is 0 Å². The molecule has 3 aliphatic heterocycles. The van der Waals surface area contributed by atoms with Crippen molar-refractivity contribution in [2.45, 2.75) is 51.1 Å². The van der Waals surface area contributed by atoms with Crippen LogP contribution in [-0.4, -0.2) is 68.3 Å². The number of amides is 2. The summed E-state index contributed by atoms with van der Waals surface area (Å²) in [5.41, 5.74) is 2.45. The van der Waals surface area contributed by atoms with Gasteiger partial charge in [-0.1, -0.05) is 13.0 Å². The van der Waals surface area contributed by atoms with E-state index < -0.39 is 0 Å². The van der Waals surface area contributed by atoms with Crippen LogP contribution in [0.4, 0.5) is 4.79 Å². The fourth-order valence-electron chi connectivity index (χ4n) is 5.23. The Morgan fingerprint density at radius 3 is 2.32 bits per heavy atom. The number of carbonyl (C=O) groups is 2. The molecule has 31 heavy (non-hydrogen) atoms. The molecule has 0 spiro atoms. The van der Waals surface area contributed by atoms with Gasteiger partial charge in [-0.3, -0.25) is 0 Å². The Labute approximate surface area is 183 Å². The molecule has 3 aliphatic rings. The van der Waals surface area contributed by atoms with Crippen molar-refractivity contribution in [3.8, 4) is 11.5 Å². The zero-order valence-electron chi connectivity index (χ0n) is 18.8. The second-order valence-corrected chi connectivity index (χ2v) is 8.76. The third-order valence-corrected chi connectivity index (χ3v) is 7.01. The summed E-state index contributed by atoms with van der Waals surface area (Å²) in [4.78, 5) is 30.3. The standard InChI is InChI=1S/C24H32N2O5/c1-15-9-11-25(12-10-15)24(28)26-17-6-7-19(26)22(23(27)31-4)18(14-17)16-5-8-20(29-2)21(13-16)30-3/h5,8,13,15,17,19H,6-7,9-12,14H2,1-4H3/t17-,19+/m0/s1. The van der Waals surface area contributed by atoms with E-state index >= 15 is 0 Å². The van der Waals surface area contributed by atoms with E-state index in [9.17, 15) is 9.59 Å². The molecule has 7 heteroatoms. The van der Waals surface area contributed by atoms with Gasteiger partial charge in [-0.2, -0.15) is 0 Å². The van der Waals surface area contributed by atoms with E-state index in [1.54, 1.807) is 14.2 Å². The first-order chi connectivity index (χ1) is 15.0. The lowest BCUT2D eigenvalue weighted by Gasteiger charge is -2.41. The zero-order valence-corrected chi connectivity index (χ0v) is 18.8. The van der Waals surface area contributed by atoms with Crippen molar-refractivity contribution in [2.24, 2.45) is 5.92 Å². The molecule has 168 valence electrons. The molecule has 0 unspecified atom stereocenters. The predicted molar refractivity (Wildman–Crippen MR) is 117 cm³/mol. The Morgan fingerprint density at radius 2 is 1.68 bits per heavy atom. The molecule has 2 atom stereocenters. The van der Waals surface area contributed by atoms with Crippen LogP contribution in [0.1, 0.15) is 44.6 Å². The van der Waals surface area contributed by atoms with Gasteiger partial charge in [0.25, 0.3) is 0 Å². The second kappa shape index (κ2) is 8.81. The normalized spacial score (nSPS) is 23.7. The molecular formula is C24H32N2O5. The molecule has 2 fully saturated rings. The first-order valence-corrected chi connectivity index (χ1v) is 11.1. The molecule has 0 N–H and O–H groups in total. The van der Waals surface area contributed by atoms with Crippen LogP contribution < -0.4 is 9.47 Å². The fraction of sp³-hybridized carbons (Fsp3) is 0.583. The van der Waals surface area contributed by atoms with E-state index in [0.29, 0.717) is 29.4 Å². The number of esters is 1. The number of urea groups is 1.